The van der Waals surface area contributed by atoms with E-state index >= 15 is 0 Å². The van der Waals surface area contributed by atoms with Crippen LogP contribution in [0.15, 0.2) is 41.7 Å². The molecule has 1 unspecified atom stereocenters. The molecule has 3 aromatic rings. The fraction of sp³-hybridized carbons (Fsp3) is 0.250. The molecule has 0 saturated carbocycles. The average Bonchev–Trinajstić information content (AvgIpc) is 3.14. The fourth-order valence-electron chi connectivity index (χ4n) is 2.87. The van der Waals surface area contributed by atoms with E-state index in [0.29, 0.717) is 17.8 Å². The van der Waals surface area contributed by atoms with Gasteiger partial charge in [0.25, 0.3) is 10.0 Å². The topological polar surface area (TPSA) is 85.6 Å². The first-order chi connectivity index (χ1) is 11.4. The molecule has 1 atom stereocenters. The molecule has 2 aromatic heterocycles. The first-order valence-corrected chi connectivity index (χ1v) is 9.04. The normalized spacial score (nSPS) is 16.8. The second kappa shape index (κ2) is 5.20. The van der Waals surface area contributed by atoms with Gasteiger partial charge in [-0.05, 0) is 49.2 Å². The summed E-state index contributed by atoms with van der Waals surface area (Å²) in [5, 5.41) is 7.81. The van der Waals surface area contributed by atoms with E-state index in [1.54, 1.807) is 28.8 Å². The second-order valence-electron chi connectivity index (χ2n) is 5.94. The van der Waals surface area contributed by atoms with Crippen molar-refractivity contribution in [2.45, 2.75) is 31.3 Å². The predicted molar refractivity (Wildman–Crippen MR) is 88.8 cm³/mol. The van der Waals surface area contributed by atoms with Crippen LogP contribution in [0.5, 0.6) is 5.75 Å². The second-order valence-corrected chi connectivity index (χ2v) is 7.63. The Morgan fingerprint density at radius 3 is 3.00 bits per heavy atom. The maximum Gasteiger partial charge on any atom is 0.262 e. The van der Waals surface area contributed by atoms with Crippen molar-refractivity contribution in [2.75, 3.05) is 4.72 Å². The van der Waals surface area contributed by atoms with Crippen LogP contribution in [-0.4, -0.2) is 29.1 Å². The Morgan fingerprint density at radius 1 is 1.33 bits per heavy atom. The van der Waals surface area contributed by atoms with E-state index in [1.165, 1.54) is 6.33 Å². The molecule has 24 heavy (non-hydrogen) atoms. The van der Waals surface area contributed by atoms with Crippen molar-refractivity contribution in [2.24, 2.45) is 0 Å². The average molecular weight is 344 g/mol. The number of hydrogen-bond acceptors (Lipinski definition) is 5. The van der Waals surface area contributed by atoms with Gasteiger partial charge in [-0.15, -0.1) is 10.2 Å². The Hall–Kier alpha value is -2.61. The lowest BCUT2D eigenvalue weighted by Crippen LogP contribution is -2.15. The summed E-state index contributed by atoms with van der Waals surface area (Å²) in [7, 11) is -3.73. The van der Waals surface area contributed by atoms with Crippen molar-refractivity contribution in [1.82, 2.24) is 14.6 Å². The number of pyridine rings is 1. The van der Waals surface area contributed by atoms with Gasteiger partial charge >= 0.3 is 0 Å². The van der Waals surface area contributed by atoms with Crippen LogP contribution in [0.4, 0.5) is 5.69 Å². The number of hydrogen-bond donors (Lipinski definition) is 1. The molecule has 124 valence electrons. The van der Waals surface area contributed by atoms with Crippen molar-refractivity contribution < 1.29 is 13.2 Å². The first kappa shape index (κ1) is 14.9. The molecule has 0 saturated heterocycles. The molecule has 8 heteroatoms. The maximum absolute atomic E-state index is 12.8. The Morgan fingerprint density at radius 2 is 2.17 bits per heavy atom. The number of nitrogens with zero attached hydrogens (tertiary/aromatic N) is 3. The number of aromatic nitrogens is 3. The smallest absolute Gasteiger partial charge is 0.262 e. The van der Waals surface area contributed by atoms with Crippen molar-refractivity contribution in [3.8, 4) is 5.75 Å². The molecule has 1 N–H and O–H groups in total. The summed E-state index contributed by atoms with van der Waals surface area (Å²) in [6.07, 6.45) is 4.09. The van der Waals surface area contributed by atoms with Crippen LogP contribution < -0.4 is 9.46 Å². The summed E-state index contributed by atoms with van der Waals surface area (Å²) in [6, 6.07) is 6.74. The highest BCUT2D eigenvalue weighted by molar-refractivity contribution is 7.92. The molecule has 3 heterocycles. The van der Waals surface area contributed by atoms with Crippen LogP contribution in [-0.2, 0) is 16.4 Å². The van der Waals surface area contributed by atoms with Crippen LogP contribution in [0.25, 0.3) is 5.65 Å². The number of benzene rings is 1. The number of anilines is 1. The fourth-order valence-corrected chi connectivity index (χ4v) is 4.05. The predicted octanol–water partition coefficient (Wildman–Crippen LogP) is 2.16. The minimum atomic E-state index is -3.73. The summed E-state index contributed by atoms with van der Waals surface area (Å²) in [5.74, 6) is 0.747. The third-order valence-electron chi connectivity index (χ3n) is 4.09. The molecular formula is C16H16N4O3S. The van der Waals surface area contributed by atoms with Gasteiger partial charge in [0, 0.05) is 12.6 Å². The number of sulfonamides is 1. The minimum Gasteiger partial charge on any atom is -0.490 e. The molecule has 0 aliphatic carbocycles. The highest BCUT2D eigenvalue weighted by atomic mass is 32.2. The Kier molecular flexibility index (Phi) is 3.24. The SMILES string of the molecule is Cc1ccn2cnnc2c1NS(=O)(=O)c1ccc2c(c1)CC(C)O2. The summed E-state index contributed by atoms with van der Waals surface area (Å²) in [5.41, 5.74) is 2.58. The monoisotopic (exact) mass is 344 g/mol. The van der Waals surface area contributed by atoms with E-state index in [0.717, 1.165) is 16.9 Å². The third-order valence-corrected chi connectivity index (χ3v) is 5.44. The first-order valence-electron chi connectivity index (χ1n) is 7.55. The molecule has 0 bridgehead atoms. The zero-order valence-corrected chi connectivity index (χ0v) is 14.0. The summed E-state index contributed by atoms with van der Waals surface area (Å²) < 4.78 is 35.5. The van der Waals surface area contributed by atoms with Gasteiger partial charge in [-0.25, -0.2) is 8.42 Å². The van der Waals surface area contributed by atoms with Gasteiger partial charge in [0.15, 0.2) is 5.65 Å². The highest BCUT2D eigenvalue weighted by Crippen LogP contribution is 2.31. The third kappa shape index (κ3) is 2.39. The quantitative estimate of drug-likeness (QED) is 0.787. The number of fused-ring (bicyclic) bond motifs is 2. The molecule has 7 nitrogen and oxygen atoms in total. The molecule has 1 aliphatic heterocycles. The largest absolute Gasteiger partial charge is 0.490 e. The molecule has 0 amide bonds. The minimum absolute atomic E-state index is 0.0675. The van der Waals surface area contributed by atoms with E-state index < -0.39 is 10.0 Å². The van der Waals surface area contributed by atoms with Crippen LogP contribution in [0.1, 0.15) is 18.1 Å². The van der Waals surface area contributed by atoms with Gasteiger partial charge in [0.1, 0.15) is 18.2 Å². The van der Waals surface area contributed by atoms with E-state index in [-0.39, 0.29) is 11.0 Å². The number of ether oxygens (including phenoxy) is 1. The maximum atomic E-state index is 12.8. The van der Waals surface area contributed by atoms with Gasteiger partial charge in [0.2, 0.25) is 0 Å². The standard InChI is InChI=1S/C16H16N4O3S/c1-10-5-6-20-9-17-18-16(20)15(10)19-24(21,22)13-3-4-14-12(8-13)7-11(2)23-14/h3-6,8-9,11,19H,7H2,1-2H3. The van der Waals surface area contributed by atoms with Crippen LogP contribution in [0.2, 0.25) is 0 Å². The number of aryl methyl sites for hydroxylation is 1. The summed E-state index contributed by atoms with van der Waals surface area (Å²) >= 11 is 0. The molecule has 0 fully saturated rings. The van der Waals surface area contributed by atoms with Crippen molar-refractivity contribution in [3.63, 3.8) is 0 Å². The van der Waals surface area contributed by atoms with Gasteiger partial charge < -0.3 is 4.74 Å². The van der Waals surface area contributed by atoms with Gasteiger partial charge in [-0.1, -0.05) is 0 Å². The lowest BCUT2D eigenvalue weighted by molar-refractivity contribution is 0.254. The van der Waals surface area contributed by atoms with E-state index in [2.05, 4.69) is 14.9 Å². The van der Waals surface area contributed by atoms with Crippen LogP contribution >= 0.6 is 0 Å². The summed E-state index contributed by atoms with van der Waals surface area (Å²) in [6.45, 7) is 3.78. The molecule has 1 aliphatic rings. The van der Waals surface area contributed by atoms with Crippen LogP contribution in [0, 0.1) is 6.92 Å². The molecule has 0 radical (unpaired) electrons. The number of nitrogens with one attached hydrogen (secondary N) is 1. The van der Waals surface area contributed by atoms with Gasteiger partial charge in [-0.3, -0.25) is 9.12 Å². The van der Waals surface area contributed by atoms with E-state index in [1.807, 2.05) is 19.9 Å². The van der Waals surface area contributed by atoms with Crippen molar-refractivity contribution in [3.05, 3.63) is 47.9 Å². The Labute approximate surface area is 139 Å². The Balaban J connectivity index is 1.75. The highest BCUT2D eigenvalue weighted by Gasteiger charge is 2.24. The zero-order chi connectivity index (χ0) is 16.9. The van der Waals surface area contributed by atoms with Crippen molar-refractivity contribution in [1.29, 1.82) is 0 Å². The zero-order valence-electron chi connectivity index (χ0n) is 13.2. The molecular weight excluding hydrogens is 328 g/mol. The van der Waals surface area contributed by atoms with Crippen molar-refractivity contribution >= 4 is 21.4 Å². The molecule has 0 spiro atoms. The van der Waals surface area contributed by atoms with Crippen LogP contribution in [0.3, 0.4) is 0 Å². The lowest BCUT2D eigenvalue weighted by atomic mass is 10.1. The molecule has 1 aromatic carbocycles. The molecule has 4 rings (SSSR count). The summed E-state index contributed by atoms with van der Waals surface area (Å²) in [4.78, 5) is 0.208. The van der Waals surface area contributed by atoms with E-state index in [9.17, 15) is 8.42 Å². The van der Waals surface area contributed by atoms with E-state index in [4.69, 9.17) is 4.74 Å². The Bertz CT molecular complexity index is 1040. The van der Waals surface area contributed by atoms with Gasteiger partial charge in [-0.2, -0.15) is 0 Å². The lowest BCUT2D eigenvalue weighted by Gasteiger charge is -2.12. The number of rotatable bonds is 3. The van der Waals surface area contributed by atoms with Gasteiger partial charge in [0.05, 0.1) is 10.6 Å².